The summed E-state index contributed by atoms with van der Waals surface area (Å²) in [6.07, 6.45) is 0.246. The Kier molecular flexibility index (Phi) is 12.5. The van der Waals surface area contributed by atoms with Gasteiger partial charge in [0, 0.05) is 73.9 Å². The fraction of sp³-hybridized carbons (Fsp3) is 0.391. The zero-order valence-corrected chi connectivity index (χ0v) is 34.7. The van der Waals surface area contributed by atoms with E-state index < -0.39 is 47.9 Å². The summed E-state index contributed by atoms with van der Waals surface area (Å²) in [6, 6.07) is 6.40. The molecule has 2 aliphatic rings. The third-order valence-corrected chi connectivity index (χ3v) is 11.3. The number of hydrogen-bond acceptors (Lipinski definition) is 14. The van der Waals surface area contributed by atoms with Gasteiger partial charge in [-0.1, -0.05) is 13.8 Å². The number of rotatable bonds is 13. The van der Waals surface area contributed by atoms with Gasteiger partial charge < -0.3 is 28.4 Å². The Morgan fingerprint density at radius 2 is 0.900 bits per heavy atom. The van der Waals surface area contributed by atoms with Crippen LogP contribution in [0.4, 0.5) is 0 Å². The van der Waals surface area contributed by atoms with E-state index in [1.165, 1.54) is 27.7 Å². The molecule has 0 aromatic heterocycles. The van der Waals surface area contributed by atoms with Crippen molar-refractivity contribution in [3.05, 3.63) is 68.8 Å². The maximum atomic E-state index is 14.1. The van der Waals surface area contributed by atoms with E-state index in [1.807, 2.05) is 0 Å². The van der Waals surface area contributed by atoms with Gasteiger partial charge in [-0.05, 0) is 70.8 Å². The van der Waals surface area contributed by atoms with Gasteiger partial charge in [0.25, 0.3) is 0 Å². The molecule has 0 aliphatic carbocycles. The second kappa shape index (κ2) is 17.4. The van der Waals surface area contributed by atoms with Crippen molar-refractivity contribution in [3.8, 4) is 22.6 Å². The first kappa shape index (κ1) is 43.1. The van der Waals surface area contributed by atoms with Crippen molar-refractivity contribution in [1.82, 2.24) is 0 Å². The van der Waals surface area contributed by atoms with E-state index in [-0.39, 0.29) is 107 Å². The van der Waals surface area contributed by atoms with Gasteiger partial charge in [-0.3, -0.25) is 38.4 Å². The Labute approximate surface area is 345 Å². The van der Waals surface area contributed by atoms with Crippen molar-refractivity contribution in [2.24, 2.45) is 11.8 Å². The predicted octanol–water partition coefficient (Wildman–Crippen LogP) is 6.82. The van der Waals surface area contributed by atoms with E-state index in [4.69, 9.17) is 28.4 Å². The lowest BCUT2D eigenvalue weighted by atomic mass is 9.78. The molecule has 4 unspecified atom stereocenters. The zero-order chi connectivity index (χ0) is 43.7. The number of fused-ring (bicyclic) bond motifs is 4. The lowest BCUT2D eigenvalue weighted by Crippen LogP contribution is -2.34. The van der Waals surface area contributed by atoms with E-state index in [9.17, 15) is 38.4 Å². The number of esters is 4. The van der Waals surface area contributed by atoms with Crippen molar-refractivity contribution in [3.63, 3.8) is 0 Å². The van der Waals surface area contributed by atoms with Crippen molar-refractivity contribution < 1.29 is 66.8 Å². The van der Waals surface area contributed by atoms with Crippen molar-refractivity contribution in [2.75, 3.05) is 13.2 Å². The van der Waals surface area contributed by atoms with Gasteiger partial charge in [0.2, 0.25) is 0 Å². The van der Waals surface area contributed by atoms with Crippen LogP contribution in [0.25, 0.3) is 32.7 Å². The molecule has 0 saturated heterocycles. The molecule has 2 heterocycles. The molecule has 0 spiro atoms. The molecule has 4 atom stereocenters. The number of benzene rings is 4. The number of hydrogen-bond donors (Lipinski definition) is 0. The Balaban J connectivity index is 1.85. The van der Waals surface area contributed by atoms with Gasteiger partial charge >= 0.3 is 23.9 Å². The predicted molar refractivity (Wildman–Crippen MR) is 216 cm³/mol. The van der Waals surface area contributed by atoms with Crippen LogP contribution in [-0.2, 0) is 64.2 Å². The highest BCUT2D eigenvalue weighted by Gasteiger charge is 2.38. The van der Waals surface area contributed by atoms with Crippen molar-refractivity contribution in [2.45, 2.75) is 93.7 Å². The van der Waals surface area contributed by atoms with Crippen LogP contribution in [0.5, 0.6) is 11.5 Å². The molecule has 0 radical (unpaired) electrons. The Hall–Kier alpha value is -6.44. The molecule has 0 N–H and O–H groups in total. The van der Waals surface area contributed by atoms with Gasteiger partial charge in [-0.2, -0.15) is 0 Å². The maximum absolute atomic E-state index is 14.1. The number of ether oxygens (including phenoxy) is 6. The number of carbonyl (C=O) groups excluding carboxylic acids is 8. The Bertz CT molecular complexity index is 2340. The molecule has 0 saturated carbocycles. The third-order valence-electron chi connectivity index (χ3n) is 11.3. The fourth-order valence-corrected chi connectivity index (χ4v) is 8.12. The number of carbonyl (C=O) groups is 8. The topological polar surface area (TPSA) is 192 Å². The number of aldehydes is 2. The van der Waals surface area contributed by atoms with E-state index in [1.54, 1.807) is 52.0 Å². The van der Waals surface area contributed by atoms with Crippen LogP contribution in [0.1, 0.15) is 119 Å². The molecule has 0 fully saturated rings. The molecule has 4 aromatic carbocycles. The summed E-state index contributed by atoms with van der Waals surface area (Å²) in [6.45, 7) is 11.0. The Morgan fingerprint density at radius 1 is 0.550 bits per heavy atom. The van der Waals surface area contributed by atoms with E-state index in [2.05, 4.69) is 0 Å². The standard InChI is InChI=1S/C46H46O14/c1-21-23(3)59-37-15-33-39(35(19-57-27(7)51)43(37)45(21)53)29(9-11-55-25(5)49)13-31(17-47)41(33)42-32(18-48)14-30(10-12-56-26(6)50)40-34(42)16-38-44(36(40)20-58-28(8)52)46(54)22(2)24(4)60-38/h13-18,21-24H,9-12,19-20H2,1-8H3. The molecule has 0 bridgehead atoms. The van der Waals surface area contributed by atoms with Gasteiger partial charge in [-0.15, -0.1) is 0 Å². The van der Waals surface area contributed by atoms with Gasteiger partial charge in [0.05, 0.1) is 36.2 Å². The second-order valence-corrected chi connectivity index (χ2v) is 15.2. The van der Waals surface area contributed by atoms with Crippen molar-refractivity contribution >= 4 is 69.6 Å². The normalized spacial score (nSPS) is 18.1. The molecule has 0 amide bonds. The van der Waals surface area contributed by atoms with Crippen LogP contribution < -0.4 is 9.47 Å². The zero-order valence-electron chi connectivity index (χ0n) is 34.7. The highest BCUT2D eigenvalue weighted by Crippen LogP contribution is 2.49. The van der Waals surface area contributed by atoms with Gasteiger partial charge in [-0.25, -0.2) is 0 Å². The minimum atomic E-state index is -0.626. The minimum absolute atomic E-state index is 0.0759. The lowest BCUT2D eigenvalue weighted by Gasteiger charge is -2.32. The molecule has 6 rings (SSSR count). The SMILES string of the molecule is CC(=O)OCCc1cc(C=O)c(-c2c(C=O)cc(CCOC(C)=O)c3c(COC(C)=O)c4c(cc23)OC(C)C(C)C4=O)c2cc3c(c(COC(C)=O)c12)C(=O)C(C)C(C)O3. The van der Waals surface area contributed by atoms with Crippen LogP contribution in [0, 0.1) is 11.8 Å². The summed E-state index contributed by atoms with van der Waals surface area (Å²) in [5.74, 6) is -3.69. The summed E-state index contributed by atoms with van der Waals surface area (Å²) in [4.78, 5) is 104. The monoisotopic (exact) mass is 822 g/mol. The van der Waals surface area contributed by atoms with E-state index >= 15 is 0 Å². The second-order valence-electron chi connectivity index (χ2n) is 15.2. The van der Waals surface area contributed by atoms with Crippen LogP contribution in [0.2, 0.25) is 0 Å². The Morgan fingerprint density at radius 3 is 1.22 bits per heavy atom. The highest BCUT2D eigenvalue weighted by molar-refractivity contribution is 6.20. The molecule has 4 aromatic rings. The summed E-state index contributed by atoms with van der Waals surface area (Å²) >= 11 is 0. The maximum Gasteiger partial charge on any atom is 0.302 e. The quantitative estimate of drug-likeness (QED) is 0.0775. The first-order valence-electron chi connectivity index (χ1n) is 19.7. The number of Topliss-reactive ketones (excluding diaryl/α,β-unsaturated/α-hetero) is 2. The van der Waals surface area contributed by atoms with Crippen LogP contribution in [-0.4, -0.2) is 73.4 Å². The fourth-order valence-electron chi connectivity index (χ4n) is 8.12. The molecule has 314 valence electrons. The smallest absolute Gasteiger partial charge is 0.302 e. The van der Waals surface area contributed by atoms with Gasteiger partial charge in [0.15, 0.2) is 24.1 Å². The average molecular weight is 823 g/mol. The molecule has 60 heavy (non-hydrogen) atoms. The van der Waals surface area contributed by atoms with Crippen molar-refractivity contribution in [1.29, 1.82) is 0 Å². The summed E-state index contributed by atoms with van der Waals surface area (Å²) < 4.78 is 34.5. The average Bonchev–Trinajstić information content (AvgIpc) is 3.18. The molecular weight excluding hydrogens is 776 g/mol. The van der Waals surface area contributed by atoms with E-state index in [0.29, 0.717) is 45.2 Å². The third kappa shape index (κ3) is 8.10. The van der Waals surface area contributed by atoms with Crippen LogP contribution >= 0.6 is 0 Å². The molecule has 14 nitrogen and oxygen atoms in total. The largest absolute Gasteiger partial charge is 0.489 e. The summed E-state index contributed by atoms with van der Waals surface area (Å²) in [5, 5.41) is 1.47. The van der Waals surface area contributed by atoms with E-state index in [0.717, 1.165) is 0 Å². The summed E-state index contributed by atoms with van der Waals surface area (Å²) in [7, 11) is 0. The molecular formula is C46H46O14. The number of ketones is 2. The van der Waals surface area contributed by atoms with Crippen LogP contribution in [0.15, 0.2) is 24.3 Å². The highest BCUT2D eigenvalue weighted by atomic mass is 16.5. The molecule has 2 aliphatic heterocycles. The van der Waals surface area contributed by atoms with Gasteiger partial charge in [0.1, 0.15) is 36.9 Å². The minimum Gasteiger partial charge on any atom is -0.489 e. The summed E-state index contributed by atoms with van der Waals surface area (Å²) in [5.41, 5.74) is 2.53. The molecule has 14 heteroatoms. The first-order valence-corrected chi connectivity index (χ1v) is 19.7. The lowest BCUT2D eigenvalue weighted by molar-refractivity contribution is -0.143. The first-order chi connectivity index (χ1) is 28.5. The van der Waals surface area contributed by atoms with Crippen LogP contribution in [0.3, 0.4) is 0 Å².